The number of amides is 2. The van der Waals surface area contributed by atoms with Crippen molar-refractivity contribution in [3.63, 3.8) is 0 Å². The Morgan fingerprint density at radius 1 is 1.42 bits per heavy atom. The van der Waals surface area contributed by atoms with E-state index in [1.807, 2.05) is 37.5 Å². The van der Waals surface area contributed by atoms with E-state index in [9.17, 15) is 4.79 Å². The van der Waals surface area contributed by atoms with Crippen LogP contribution in [0, 0.1) is 5.92 Å². The molecule has 2 aromatic rings. The lowest BCUT2D eigenvalue weighted by atomic mass is 10.2. The molecule has 3 rings (SSSR count). The summed E-state index contributed by atoms with van der Waals surface area (Å²) in [6.07, 6.45) is 6.25. The van der Waals surface area contributed by atoms with E-state index in [2.05, 4.69) is 10.4 Å². The van der Waals surface area contributed by atoms with Crippen LogP contribution in [0.15, 0.2) is 36.7 Å². The molecule has 1 fully saturated rings. The number of anilines is 1. The van der Waals surface area contributed by atoms with Gasteiger partial charge in [-0.15, -0.1) is 0 Å². The summed E-state index contributed by atoms with van der Waals surface area (Å²) in [5, 5.41) is 7.04. The topological polar surface area (TPSA) is 59.4 Å². The van der Waals surface area contributed by atoms with Crippen LogP contribution in [-0.2, 0) is 24.9 Å². The molecule has 1 heterocycles. The summed E-state index contributed by atoms with van der Waals surface area (Å²) in [5.74, 6) is 0.758. The van der Waals surface area contributed by atoms with Crippen molar-refractivity contribution >= 4 is 11.7 Å². The first kappa shape index (κ1) is 16.5. The Bertz CT molecular complexity index is 694. The highest BCUT2D eigenvalue weighted by atomic mass is 16.5. The van der Waals surface area contributed by atoms with Crippen molar-refractivity contribution in [2.24, 2.45) is 13.0 Å². The molecule has 1 saturated carbocycles. The molecule has 6 heteroatoms. The standard InChI is InChI=1S/C18H24N4O2/c1-21(10-16-9-19-22(2)11-16)18(23)20-17-5-3-4-15(8-17)13-24-12-14-6-7-14/h3-5,8-9,11,14H,6-7,10,12-13H2,1-2H3,(H,20,23). The zero-order chi connectivity index (χ0) is 16.9. The quantitative estimate of drug-likeness (QED) is 0.850. The van der Waals surface area contributed by atoms with E-state index in [1.54, 1.807) is 22.8 Å². The second-order valence-corrected chi connectivity index (χ2v) is 6.47. The molecule has 0 saturated heterocycles. The zero-order valence-corrected chi connectivity index (χ0v) is 14.2. The molecule has 0 spiro atoms. The van der Waals surface area contributed by atoms with Gasteiger partial charge >= 0.3 is 6.03 Å². The number of benzene rings is 1. The fraction of sp³-hybridized carbons (Fsp3) is 0.444. The second kappa shape index (κ2) is 7.49. The summed E-state index contributed by atoms with van der Waals surface area (Å²) in [4.78, 5) is 13.9. The summed E-state index contributed by atoms with van der Waals surface area (Å²) < 4.78 is 7.43. The third-order valence-electron chi connectivity index (χ3n) is 4.02. The predicted octanol–water partition coefficient (Wildman–Crippen LogP) is 3.01. The van der Waals surface area contributed by atoms with Gasteiger partial charge in [-0.2, -0.15) is 5.10 Å². The van der Waals surface area contributed by atoms with Crippen molar-refractivity contribution in [1.29, 1.82) is 0 Å². The fourth-order valence-corrected chi connectivity index (χ4v) is 2.48. The van der Waals surface area contributed by atoms with Gasteiger partial charge in [0, 0.05) is 38.1 Å². The lowest BCUT2D eigenvalue weighted by Gasteiger charge is -2.17. The minimum absolute atomic E-state index is 0.144. The van der Waals surface area contributed by atoms with Gasteiger partial charge in [0.2, 0.25) is 0 Å². The van der Waals surface area contributed by atoms with Gasteiger partial charge in [-0.25, -0.2) is 4.79 Å². The van der Waals surface area contributed by atoms with Crippen LogP contribution < -0.4 is 5.32 Å². The van der Waals surface area contributed by atoms with Crippen LogP contribution in [0.1, 0.15) is 24.0 Å². The maximum Gasteiger partial charge on any atom is 0.321 e. The van der Waals surface area contributed by atoms with E-state index < -0.39 is 0 Å². The van der Waals surface area contributed by atoms with Crippen LogP contribution in [0.2, 0.25) is 0 Å². The van der Waals surface area contributed by atoms with E-state index in [1.165, 1.54) is 12.8 Å². The van der Waals surface area contributed by atoms with E-state index >= 15 is 0 Å². The summed E-state index contributed by atoms with van der Waals surface area (Å²) in [6, 6.07) is 7.66. The van der Waals surface area contributed by atoms with Crippen LogP contribution in [0.5, 0.6) is 0 Å². The Morgan fingerprint density at radius 2 is 2.25 bits per heavy atom. The van der Waals surface area contributed by atoms with Crippen molar-refractivity contribution in [2.45, 2.75) is 26.0 Å². The molecule has 0 aliphatic heterocycles. The number of aryl methyl sites for hydroxylation is 1. The largest absolute Gasteiger partial charge is 0.376 e. The van der Waals surface area contributed by atoms with Gasteiger partial charge in [0.05, 0.1) is 19.3 Å². The molecule has 1 aromatic carbocycles. The molecular formula is C18H24N4O2. The van der Waals surface area contributed by atoms with Crippen LogP contribution in [0.25, 0.3) is 0 Å². The number of urea groups is 1. The molecule has 1 aliphatic rings. The lowest BCUT2D eigenvalue weighted by molar-refractivity contribution is 0.111. The lowest BCUT2D eigenvalue weighted by Crippen LogP contribution is -2.30. The maximum absolute atomic E-state index is 12.3. The number of nitrogens with one attached hydrogen (secondary N) is 1. The second-order valence-electron chi connectivity index (χ2n) is 6.47. The number of carbonyl (C=O) groups excluding carboxylic acids is 1. The average Bonchev–Trinajstić information content (AvgIpc) is 3.29. The monoisotopic (exact) mass is 328 g/mol. The summed E-state index contributed by atoms with van der Waals surface area (Å²) >= 11 is 0. The Hall–Kier alpha value is -2.34. The van der Waals surface area contributed by atoms with Gasteiger partial charge in [0.25, 0.3) is 0 Å². The first-order valence-corrected chi connectivity index (χ1v) is 8.26. The Kier molecular flexibility index (Phi) is 5.15. The zero-order valence-electron chi connectivity index (χ0n) is 14.2. The molecular weight excluding hydrogens is 304 g/mol. The summed E-state index contributed by atoms with van der Waals surface area (Å²) in [6.45, 7) is 1.94. The highest BCUT2D eigenvalue weighted by Gasteiger charge is 2.21. The van der Waals surface area contributed by atoms with Gasteiger partial charge < -0.3 is 15.0 Å². The van der Waals surface area contributed by atoms with Crippen LogP contribution in [0.4, 0.5) is 10.5 Å². The number of hydrogen-bond acceptors (Lipinski definition) is 3. The molecule has 24 heavy (non-hydrogen) atoms. The molecule has 0 radical (unpaired) electrons. The molecule has 2 amide bonds. The smallest absolute Gasteiger partial charge is 0.321 e. The third-order valence-corrected chi connectivity index (χ3v) is 4.02. The Balaban J connectivity index is 1.50. The van der Waals surface area contributed by atoms with Gasteiger partial charge in [-0.05, 0) is 36.5 Å². The van der Waals surface area contributed by atoms with Gasteiger partial charge in [0.1, 0.15) is 0 Å². The van der Waals surface area contributed by atoms with Crippen molar-refractivity contribution in [3.8, 4) is 0 Å². The number of nitrogens with zero attached hydrogens (tertiary/aromatic N) is 3. The first-order valence-electron chi connectivity index (χ1n) is 8.26. The molecule has 128 valence electrons. The minimum atomic E-state index is -0.144. The van der Waals surface area contributed by atoms with Gasteiger partial charge in [0.15, 0.2) is 0 Å². The van der Waals surface area contributed by atoms with Crippen LogP contribution in [-0.4, -0.2) is 34.4 Å². The molecule has 1 N–H and O–H groups in total. The number of aromatic nitrogens is 2. The van der Waals surface area contributed by atoms with Crippen LogP contribution in [0.3, 0.4) is 0 Å². The number of hydrogen-bond donors (Lipinski definition) is 1. The SMILES string of the molecule is CN(Cc1cnn(C)c1)C(=O)Nc1cccc(COCC2CC2)c1. The molecule has 0 unspecified atom stereocenters. The molecule has 1 aliphatic carbocycles. The van der Waals surface area contributed by atoms with E-state index in [-0.39, 0.29) is 6.03 Å². The van der Waals surface area contributed by atoms with Gasteiger partial charge in [-0.3, -0.25) is 4.68 Å². The Labute approximate surface area is 142 Å². The Morgan fingerprint density at radius 3 is 2.96 bits per heavy atom. The maximum atomic E-state index is 12.3. The van der Waals surface area contributed by atoms with Crippen molar-refractivity contribution in [3.05, 3.63) is 47.8 Å². The van der Waals surface area contributed by atoms with E-state index in [4.69, 9.17) is 4.74 Å². The van der Waals surface area contributed by atoms with Crippen molar-refractivity contribution in [2.75, 3.05) is 19.0 Å². The highest BCUT2D eigenvalue weighted by Crippen LogP contribution is 2.29. The number of ether oxygens (including phenoxy) is 1. The molecule has 0 bridgehead atoms. The van der Waals surface area contributed by atoms with E-state index in [0.29, 0.717) is 13.2 Å². The number of carbonyl (C=O) groups is 1. The third kappa shape index (κ3) is 4.83. The van der Waals surface area contributed by atoms with Crippen molar-refractivity contribution in [1.82, 2.24) is 14.7 Å². The summed E-state index contributed by atoms with van der Waals surface area (Å²) in [7, 11) is 3.63. The highest BCUT2D eigenvalue weighted by molar-refractivity contribution is 5.89. The number of rotatable bonds is 7. The normalized spacial score (nSPS) is 13.8. The average molecular weight is 328 g/mol. The molecule has 6 nitrogen and oxygen atoms in total. The summed E-state index contributed by atoms with van der Waals surface area (Å²) in [5.41, 5.74) is 2.85. The minimum Gasteiger partial charge on any atom is -0.376 e. The first-order chi connectivity index (χ1) is 11.6. The van der Waals surface area contributed by atoms with Crippen molar-refractivity contribution < 1.29 is 9.53 Å². The van der Waals surface area contributed by atoms with Gasteiger partial charge in [-0.1, -0.05) is 12.1 Å². The molecule has 0 atom stereocenters. The van der Waals surface area contributed by atoms with Crippen LogP contribution >= 0.6 is 0 Å². The fourth-order valence-electron chi connectivity index (χ4n) is 2.48. The van der Waals surface area contributed by atoms with E-state index in [0.717, 1.165) is 29.3 Å². The molecule has 1 aromatic heterocycles. The predicted molar refractivity (Wildman–Crippen MR) is 92.5 cm³/mol.